The summed E-state index contributed by atoms with van der Waals surface area (Å²) < 4.78 is 7.30. The number of amides is 2. The van der Waals surface area contributed by atoms with Gasteiger partial charge in [-0.15, -0.1) is 0 Å². The number of anilines is 2. The predicted molar refractivity (Wildman–Crippen MR) is 116 cm³/mol. The molecule has 2 amide bonds. The van der Waals surface area contributed by atoms with Gasteiger partial charge in [-0.1, -0.05) is 15.9 Å². The third-order valence-corrected chi connectivity index (χ3v) is 5.23. The Balaban J connectivity index is 2.03. The number of halogens is 2. The molecule has 0 unspecified atom stereocenters. The van der Waals surface area contributed by atoms with Crippen LogP contribution in [0.1, 0.15) is 11.3 Å². The van der Waals surface area contributed by atoms with Gasteiger partial charge in [-0.3, -0.25) is 19.8 Å². The molecule has 1 aromatic carbocycles. The smallest absolute Gasteiger partial charge is 0.270 e. The molecule has 140 valence electrons. The third kappa shape index (κ3) is 3.85. The first kappa shape index (κ1) is 19.8. The molecule has 0 bridgehead atoms. The molecule has 3 rings (SSSR count). The van der Waals surface area contributed by atoms with Crippen LogP contribution in [0.25, 0.3) is 6.08 Å². The van der Waals surface area contributed by atoms with Crippen molar-refractivity contribution >= 4 is 78.7 Å². The topological polar surface area (TPSA) is 65.8 Å². The third-order valence-electron chi connectivity index (χ3n) is 3.88. The fraction of sp³-hybridized carbons (Fsp3) is 0.167. The Morgan fingerprint density at radius 3 is 2.52 bits per heavy atom. The molecule has 27 heavy (non-hydrogen) atoms. The van der Waals surface area contributed by atoms with Crippen molar-refractivity contribution < 1.29 is 14.0 Å². The van der Waals surface area contributed by atoms with E-state index in [0.29, 0.717) is 17.3 Å². The Bertz CT molecular complexity index is 998. The fourth-order valence-corrected chi connectivity index (χ4v) is 4.05. The molecule has 0 saturated carbocycles. The Morgan fingerprint density at radius 1 is 1.22 bits per heavy atom. The maximum atomic E-state index is 13.0. The zero-order chi connectivity index (χ0) is 19.9. The Labute approximate surface area is 178 Å². The molecule has 1 saturated heterocycles. The zero-order valence-electron chi connectivity index (χ0n) is 14.7. The van der Waals surface area contributed by atoms with Gasteiger partial charge in [0.1, 0.15) is 11.3 Å². The molecule has 1 aliphatic heterocycles. The quantitative estimate of drug-likeness (QED) is 0.382. The van der Waals surface area contributed by atoms with Gasteiger partial charge in [0.2, 0.25) is 5.88 Å². The highest BCUT2D eigenvalue weighted by Crippen LogP contribution is 2.31. The second kappa shape index (κ2) is 7.57. The summed E-state index contributed by atoms with van der Waals surface area (Å²) in [6, 6.07) is 7.15. The lowest BCUT2D eigenvalue weighted by Gasteiger charge is -2.29. The van der Waals surface area contributed by atoms with Crippen LogP contribution in [0.5, 0.6) is 0 Å². The molecule has 6 nitrogen and oxygen atoms in total. The van der Waals surface area contributed by atoms with Crippen LogP contribution in [0.15, 0.2) is 43.2 Å². The second-order valence-corrected chi connectivity index (χ2v) is 8.24. The van der Waals surface area contributed by atoms with E-state index in [1.54, 1.807) is 17.0 Å². The Morgan fingerprint density at radius 2 is 1.93 bits per heavy atom. The first-order valence-electron chi connectivity index (χ1n) is 7.83. The van der Waals surface area contributed by atoms with E-state index in [0.717, 1.165) is 14.5 Å². The van der Waals surface area contributed by atoms with Gasteiger partial charge in [0.25, 0.3) is 11.8 Å². The summed E-state index contributed by atoms with van der Waals surface area (Å²) in [5.41, 5.74) is 1.39. The number of hydrogen-bond acceptors (Lipinski definition) is 5. The molecule has 0 aliphatic carbocycles. The lowest BCUT2D eigenvalue weighted by atomic mass is 10.1. The maximum Gasteiger partial charge on any atom is 0.270 e. The predicted octanol–water partition coefficient (Wildman–Crippen LogP) is 4.01. The molecule has 9 heteroatoms. The fourth-order valence-electron chi connectivity index (χ4n) is 2.64. The SMILES string of the molecule is Cc1cc(Br)ccc1N1C(=O)C(=Cc2cc(Br)c(N(C)C)o2)C(=O)NC1=S. The number of nitrogens with zero attached hydrogens (tertiary/aromatic N) is 2. The normalized spacial score (nSPS) is 16.1. The monoisotopic (exact) mass is 511 g/mol. The Hall–Kier alpha value is -1.97. The van der Waals surface area contributed by atoms with Crippen LogP contribution in [0.4, 0.5) is 11.6 Å². The van der Waals surface area contributed by atoms with Gasteiger partial charge in [0, 0.05) is 24.6 Å². The van der Waals surface area contributed by atoms with Crippen LogP contribution in [-0.2, 0) is 9.59 Å². The molecule has 0 spiro atoms. The standard InChI is InChI=1S/C18H15Br2N3O3S/c1-9-6-10(19)4-5-14(9)23-16(25)12(15(24)21-18(23)27)7-11-8-13(20)17(26-11)22(2)3/h4-8H,1-3H3,(H,21,24,27). The average Bonchev–Trinajstić information content (AvgIpc) is 2.94. The van der Waals surface area contributed by atoms with Gasteiger partial charge in [0.05, 0.1) is 10.2 Å². The number of aryl methyl sites for hydroxylation is 1. The van der Waals surface area contributed by atoms with Crippen LogP contribution in [-0.4, -0.2) is 31.0 Å². The molecule has 0 radical (unpaired) electrons. The van der Waals surface area contributed by atoms with Crippen molar-refractivity contribution in [1.29, 1.82) is 0 Å². The summed E-state index contributed by atoms with van der Waals surface area (Å²) in [7, 11) is 3.66. The number of carbonyl (C=O) groups is 2. The van der Waals surface area contributed by atoms with Crippen molar-refractivity contribution in [3.05, 3.63) is 50.1 Å². The van der Waals surface area contributed by atoms with E-state index < -0.39 is 11.8 Å². The van der Waals surface area contributed by atoms with Crippen molar-refractivity contribution in [2.75, 3.05) is 23.9 Å². The highest BCUT2D eigenvalue weighted by atomic mass is 79.9. The average molecular weight is 513 g/mol. The highest BCUT2D eigenvalue weighted by Gasteiger charge is 2.35. The summed E-state index contributed by atoms with van der Waals surface area (Å²) >= 11 is 12.0. The van der Waals surface area contributed by atoms with Gasteiger partial charge >= 0.3 is 0 Å². The number of thiocarbonyl (C=S) groups is 1. The molecule has 0 atom stereocenters. The van der Waals surface area contributed by atoms with E-state index in [4.69, 9.17) is 16.6 Å². The van der Waals surface area contributed by atoms with E-state index in [1.165, 1.54) is 11.0 Å². The lowest BCUT2D eigenvalue weighted by molar-refractivity contribution is -0.122. The first-order chi connectivity index (χ1) is 12.7. The van der Waals surface area contributed by atoms with Gasteiger partial charge in [-0.25, -0.2) is 0 Å². The van der Waals surface area contributed by atoms with Gasteiger partial charge in [-0.05, 0) is 64.9 Å². The summed E-state index contributed by atoms with van der Waals surface area (Å²) in [5.74, 6) is -0.103. The number of benzene rings is 1. The van der Waals surface area contributed by atoms with Gasteiger partial charge in [0.15, 0.2) is 5.11 Å². The van der Waals surface area contributed by atoms with Gasteiger partial charge < -0.3 is 9.32 Å². The number of nitrogens with one attached hydrogen (secondary N) is 1. The summed E-state index contributed by atoms with van der Waals surface area (Å²) in [6.07, 6.45) is 1.42. The Kier molecular flexibility index (Phi) is 5.55. The van der Waals surface area contributed by atoms with E-state index in [2.05, 4.69) is 37.2 Å². The number of carbonyl (C=O) groups excluding carboxylic acids is 2. The minimum Gasteiger partial charge on any atom is -0.440 e. The van der Waals surface area contributed by atoms with Crippen molar-refractivity contribution in [1.82, 2.24) is 5.32 Å². The van der Waals surface area contributed by atoms with E-state index in [9.17, 15) is 9.59 Å². The van der Waals surface area contributed by atoms with Crippen LogP contribution < -0.4 is 15.1 Å². The minimum atomic E-state index is -0.560. The summed E-state index contributed by atoms with van der Waals surface area (Å²) in [4.78, 5) is 28.5. The molecule has 1 N–H and O–H groups in total. The van der Waals surface area contributed by atoms with Gasteiger partial charge in [-0.2, -0.15) is 0 Å². The van der Waals surface area contributed by atoms with E-state index in [1.807, 2.05) is 33.2 Å². The van der Waals surface area contributed by atoms with Crippen molar-refractivity contribution in [3.63, 3.8) is 0 Å². The van der Waals surface area contributed by atoms with E-state index in [-0.39, 0.29) is 10.7 Å². The van der Waals surface area contributed by atoms with Crippen molar-refractivity contribution in [3.8, 4) is 0 Å². The van der Waals surface area contributed by atoms with Crippen LogP contribution in [0.3, 0.4) is 0 Å². The van der Waals surface area contributed by atoms with Crippen LogP contribution in [0.2, 0.25) is 0 Å². The maximum absolute atomic E-state index is 13.0. The lowest BCUT2D eigenvalue weighted by Crippen LogP contribution is -2.54. The number of hydrogen-bond donors (Lipinski definition) is 1. The highest BCUT2D eigenvalue weighted by molar-refractivity contribution is 9.10. The van der Waals surface area contributed by atoms with Crippen LogP contribution in [0, 0.1) is 6.92 Å². The second-order valence-electron chi connectivity index (χ2n) is 6.08. The molecule has 2 heterocycles. The molecular weight excluding hydrogens is 498 g/mol. The summed E-state index contributed by atoms with van der Waals surface area (Å²) in [6.45, 7) is 1.86. The molecule has 2 aromatic rings. The first-order valence-corrected chi connectivity index (χ1v) is 9.82. The number of rotatable bonds is 3. The zero-order valence-corrected chi connectivity index (χ0v) is 18.7. The largest absolute Gasteiger partial charge is 0.440 e. The molecule has 1 fully saturated rings. The number of furan rings is 1. The molecular formula is C18H15Br2N3O3S. The minimum absolute atomic E-state index is 0.0437. The molecule has 1 aliphatic rings. The van der Waals surface area contributed by atoms with Crippen molar-refractivity contribution in [2.24, 2.45) is 0 Å². The summed E-state index contributed by atoms with van der Waals surface area (Å²) in [5, 5.41) is 2.61. The van der Waals surface area contributed by atoms with Crippen LogP contribution >= 0.6 is 44.1 Å². The van der Waals surface area contributed by atoms with Crippen molar-refractivity contribution in [2.45, 2.75) is 6.92 Å². The van der Waals surface area contributed by atoms with E-state index >= 15 is 0 Å². The molecule has 1 aromatic heterocycles.